The number of amides is 1. The van der Waals surface area contributed by atoms with Crippen LogP contribution in [-0.2, 0) is 11.3 Å². The predicted octanol–water partition coefficient (Wildman–Crippen LogP) is 2.92. The van der Waals surface area contributed by atoms with Gasteiger partial charge in [-0.15, -0.1) is 0 Å². The number of para-hydroxylation sites is 1. The van der Waals surface area contributed by atoms with Gasteiger partial charge < -0.3 is 10.6 Å². The Hall–Kier alpha value is -1.35. The fourth-order valence-electron chi connectivity index (χ4n) is 2.41. The molecular weight excluding hydrogens is 224 g/mol. The Morgan fingerprint density at radius 1 is 1.39 bits per heavy atom. The van der Waals surface area contributed by atoms with Crippen LogP contribution in [0.15, 0.2) is 24.3 Å². The van der Waals surface area contributed by atoms with E-state index in [-0.39, 0.29) is 5.91 Å². The standard InChI is InChI=1S/C15H22N2O/c1-3-6-12-9-15(12)16-10-13-7-4-5-8-14(13)17-11(2)18/h4-5,7-8,12,15-16H,3,6,9-10H2,1-2H3,(H,17,18). The Balaban J connectivity index is 1.87. The molecule has 2 rings (SSSR count). The van der Waals surface area contributed by atoms with E-state index in [4.69, 9.17) is 0 Å². The summed E-state index contributed by atoms with van der Waals surface area (Å²) in [7, 11) is 0. The van der Waals surface area contributed by atoms with Crippen molar-refractivity contribution >= 4 is 11.6 Å². The molecule has 3 nitrogen and oxygen atoms in total. The van der Waals surface area contributed by atoms with Crippen LogP contribution in [-0.4, -0.2) is 11.9 Å². The van der Waals surface area contributed by atoms with Gasteiger partial charge in [-0.25, -0.2) is 0 Å². The van der Waals surface area contributed by atoms with Gasteiger partial charge in [0, 0.05) is 25.2 Å². The molecule has 0 heterocycles. The van der Waals surface area contributed by atoms with Crippen molar-refractivity contribution in [3.63, 3.8) is 0 Å². The first-order valence-electron chi connectivity index (χ1n) is 6.79. The highest BCUT2D eigenvalue weighted by Crippen LogP contribution is 2.34. The van der Waals surface area contributed by atoms with Gasteiger partial charge in [0.2, 0.25) is 5.91 Å². The lowest BCUT2D eigenvalue weighted by atomic mass is 10.1. The second kappa shape index (κ2) is 6.01. The summed E-state index contributed by atoms with van der Waals surface area (Å²) < 4.78 is 0. The molecular formula is C15H22N2O. The third-order valence-corrected chi connectivity index (χ3v) is 3.46. The third kappa shape index (κ3) is 3.57. The maximum atomic E-state index is 11.1. The summed E-state index contributed by atoms with van der Waals surface area (Å²) in [5, 5.41) is 6.45. The second-order valence-electron chi connectivity index (χ2n) is 5.11. The van der Waals surface area contributed by atoms with E-state index < -0.39 is 0 Å². The minimum atomic E-state index is -0.0160. The van der Waals surface area contributed by atoms with Gasteiger partial charge in [0.25, 0.3) is 0 Å². The molecule has 2 unspecified atom stereocenters. The summed E-state index contributed by atoms with van der Waals surface area (Å²) in [6.07, 6.45) is 3.90. The highest BCUT2D eigenvalue weighted by atomic mass is 16.1. The summed E-state index contributed by atoms with van der Waals surface area (Å²) in [6, 6.07) is 8.66. The number of carbonyl (C=O) groups excluding carboxylic acids is 1. The maximum Gasteiger partial charge on any atom is 0.221 e. The van der Waals surface area contributed by atoms with Gasteiger partial charge in [0.1, 0.15) is 0 Å². The van der Waals surface area contributed by atoms with Gasteiger partial charge in [0.05, 0.1) is 0 Å². The van der Waals surface area contributed by atoms with E-state index in [2.05, 4.69) is 23.6 Å². The highest BCUT2D eigenvalue weighted by molar-refractivity contribution is 5.89. The lowest BCUT2D eigenvalue weighted by Gasteiger charge is -2.10. The van der Waals surface area contributed by atoms with Gasteiger partial charge in [-0.3, -0.25) is 4.79 Å². The molecule has 0 saturated heterocycles. The normalized spacial score (nSPS) is 21.7. The third-order valence-electron chi connectivity index (χ3n) is 3.46. The van der Waals surface area contributed by atoms with E-state index in [1.54, 1.807) is 6.92 Å². The number of carbonyl (C=O) groups is 1. The molecule has 2 atom stereocenters. The molecule has 1 aliphatic rings. The SMILES string of the molecule is CCCC1CC1NCc1ccccc1NC(C)=O. The van der Waals surface area contributed by atoms with Crippen molar-refractivity contribution in [1.29, 1.82) is 0 Å². The van der Waals surface area contributed by atoms with Crippen molar-refractivity contribution < 1.29 is 4.79 Å². The van der Waals surface area contributed by atoms with Crippen LogP contribution < -0.4 is 10.6 Å². The summed E-state index contributed by atoms with van der Waals surface area (Å²) in [5.74, 6) is 0.848. The van der Waals surface area contributed by atoms with Crippen molar-refractivity contribution in [2.75, 3.05) is 5.32 Å². The van der Waals surface area contributed by atoms with Crippen molar-refractivity contribution in [3.05, 3.63) is 29.8 Å². The molecule has 1 amide bonds. The smallest absolute Gasteiger partial charge is 0.221 e. The van der Waals surface area contributed by atoms with Gasteiger partial charge in [0.15, 0.2) is 0 Å². The summed E-state index contributed by atoms with van der Waals surface area (Å²) in [4.78, 5) is 11.1. The summed E-state index contributed by atoms with van der Waals surface area (Å²) in [5.41, 5.74) is 2.08. The zero-order chi connectivity index (χ0) is 13.0. The fourth-order valence-corrected chi connectivity index (χ4v) is 2.41. The number of hydrogen-bond donors (Lipinski definition) is 2. The Morgan fingerprint density at radius 2 is 2.17 bits per heavy atom. The minimum Gasteiger partial charge on any atom is -0.326 e. The largest absolute Gasteiger partial charge is 0.326 e. The van der Waals surface area contributed by atoms with Crippen LogP contribution in [0.2, 0.25) is 0 Å². The molecule has 98 valence electrons. The molecule has 3 heteroatoms. The molecule has 1 fully saturated rings. The van der Waals surface area contributed by atoms with E-state index in [0.717, 1.165) is 23.7 Å². The number of nitrogens with one attached hydrogen (secondary N) is 2. The first kappa shape index (κ1) is 13.1. The zero-order valence-electron chi connectivity index (χ0n) is 11.2. The first-order valence-corrected chi connectivity index (χ1v) is 6.79. The molecule has 18 heavy (non-hydrogen) atoms. The van der Waals surface area contributed by atoms with E-state index in [1.807, 2.05) is 18.2 Å². The monoisotopic (exact) mass is 246 g/mol. The van der Waals surface area contributed by atoms with Crippen molar-refractivity contribution in [3.8, 4) is 0 Å². The summed E-state index contributed by atoms with van der Waals surface area (Å²) in [6.45, 7) is 4.62. The summed E-state index contributed by atoms with van der Waals surface area (Å²) >= 11 is 0. The number of rotatable bonds is 6. The van der Waals surface area contributed by atoms with Gasteiger partial charge >= 0.3 is 0 Å². The van der Waals surface area contributed by atoms with Crippen molar-refractivity contribution in [2.45, 2.75) is 45.7 Å². The van der Waals surface area contributed by atoms with Gasteiger partial charge in [-0.2, -0.15) is 0 Å². The lowest BCUT2D eigenvalue weighted by molar-refractivity contribution is -0.114. The van der Waals surface area contributed by atoms with E-state index in [9.17, 15) is 4.79 Å². The van der Waals surface area contributed by atoms with E-state index in [0.29, 0.717) is 6.04 Å². The number of hydrogen-bond acceptors (Lipinski definition) is 2. The van der Waals surface area contributed by atoms with E-state index in [1.165, 1.54) is 19.3 Å². The van der Waals surface area contributed by atoms with Gasteiger partial charge in [-0.05, 0) is 30.4 Å². The molecule has 0 spiro atoms. The number of anilines is 1. The Bertz CT molecular complexity index is 417. The Labute approximate surface area is 109 Å². The Kier molecular flexibility index (Phi) is 4.37. The number of benzene rings is 1. The van der Waals surface area contributed by atoms with Crippen LogP contribution in [0.5, 0.6) is 0 Å². The zero-order valence-corrected chi connectivity index (χ0v) is 11.2. The van der Waals surface area contributed by atoms with Crippen molar-refractivity contribution in [1.82, 2.24) is 5.32 Å². The Morgan fingerprint density at radius 3 is 2.89 bits per heavy atom. The van der Waals surface area contributed by atoms with Crippen molar-refractivity contribution in [2.24, 2.45) is 5.92 Å². The second-order valence-corrected chi connectivity index (χ2v) is 5.11. The van der Waals surface area contributed by atoms with Crippen LogP contribution in [0.1, 0.15) is 38.7 Å². The predicted molar refractivity (Wildman–Crippen MR) is 74.4 cm³/mol. The van der Waals surface area contributed by atoms with E-state index >= 15 is 0 Å². The molecule has 1 aromatic rings. The molecule has 0 radical (unpaired) electrons. The molecule has 0 bridgehead atoms. The lowest BCUT2D eigenvalue weighted by Crippen LogP contribution is -2.19. The van der Waals surface area contributed by atoms with Crippen LogP contribution in [0.25, 0.3) is 0 Å². The molecule has 0 aromatic heterocycles. The fraction of sp³-hybridized carbons (Fsp3) is 0.533. The highest BCUT2D eigenvalue weighted by Gasteiger charge is 2.35. The van der Waals surface area contributed by atoms with Crippen LogP contribution in [0, 0.1) is 5.92 Å². The first-order chi connectivity index (χ1) is 8.70. The quantitative estimate of drug-likeness (QED) is 0.810. The average molecular weight is 246 g/mol. The topological polar surface area (TPSA) is 41.1 Å². The van der Waals surface area contributed by atoms with Crippen LogP contribution in [0.4, 0.5) is 5.69 Å². The maximum absolute atomic E-state index is 11.1. The molecule has 0 aliphatic heterocycles. The van der Waals surface area contributed by atoms with Gasteiger partial charge in [-0.1, -0.05) is 31.5 Å². The minimum absolute atomic E-state index is 0.0160. The van der Waals surface area contributed by atoms with Crippen LogP contribution in [0.3, 0.4) is 0 Å². The average Bonchev–Trinajstić information content (AvgIpc) is 3.06. The molecule has 2 N–H and O–H groups in total. The molecule has 1 aliphatic carbocycles. The molecule has 1 aromatic carbocycles. The van der Waals surface area contributed by atoms with Crippen LogP contribution >= 0.6 is 0 Å². The molecule has 1 saturated carbocycles.